The van der Waals surface area contributed by atoms with Gasteiger partial charge in [-0.15, -0.1) is 0 Å². The quantitative estimate of drug-likeness (QED) is 0.759. The lowest BCUT2D eigenvalue weighted by Gasteiger charge is -2.30. The second-order valence-electron chi connectivity index (χ2n) is 6.44. The molecule has 0 unspecified atom stereocenters. The number of benzene rings is 1. The first-order valence-electron chi connectivity index (χ1n) is 8.62. The van der Waals surface area contributed by atoms with Crippen molar-refractivity contribution in [1.29, 1.82) is 0 Å². The molecule has 1 aliphatic heterocycles. The first-order chi connectivity index (χ1) is 11.1. The van der Waals surface area contributed by atoms with Crippen molar-refractivity contribution in [1.82, 2.24) is 15.5 Å². The third kappa shape index (κ3) is 6.99. The number of amides is 2. The normalized spacial score (nSPS) is 16.3. The number of rotatable bonds is 7. The van der Waals surface area contributed by atoms with Gasteiger partial charge in [0.05, 0.1) is 0 Å². The van der Waals surface area contributed by atoms with E-state index in [0.717, 1.165) is 24.4 Å². The van der Waals surface area contributed by atoms with Gasteiger partial charge < -0.3 is 15.5 Å². The minimum Gasteiger partial charge on any atom is -0.338 e. The van der Waals surface area contributed by atoms with Gasteiger partial charge in [-0.2, -0.15) is 0 Å². The van der Waals surface area contributed by atoms with Crippen LogP contribution in [-0.2, 0) is 6.42 Å². The molecular formula is C18H28FN3O. The molecule has 0 atom stereocenters. The fraction of sp³-hybridized carbons (Fsp3) is 0.611. The van der Waals surface area contributed by atoms with Gasteiger partial charge in [0.15, 0.2) is 0 Å². The van der Waals surface area contributed by atoms with E-state index in [2.05, 4.69) is 22.5 Å². The molecule has 1 fully saturated rings. The second kappa shape index (κ2) is 9.50. The SMILES string of the molecule is CC1CCN(CCCNC(=O)NCCc2cccc(F)c2)CC1. The molecule has 0 radical (unpaired) electrons. The van der Waals surface area contributed by atoms with E-state index < -0.39 is 0 Å². The number of nitrogens with one attached hydrogen (secondary N) is 2. The molecule has 2 rings (SSSR count). The number of hydrogen-bond donors (Lipinski definition) is 2. The van der Waals surface area contributed by atoms with Crippen molar-refractivity contribution in [3.05, 3.63) is 35.6 Å². The number of urea groups is 1. The van der Waals surface area contributed by atoms with Crippen LogP contribution in [0.5, 0.6) is 0 Å². The van der Waals surface area contributed by atoms with Gasteiger partial charge in [0.1, 0.15) is 5.82 Å². The highest BCUT2D eigenvalue weighted by molar-refractivity contribution is 5.73. The van der Waals surface area contributed by atoms with E-state index in [1.54, 1.807) is 6.07 Å². The fourth-order valence-electron chi connectivity index (χ4n) is 2.87. The van der Waals surface area contributed by atoms with E-state index in [-0.39, 0.29) is 11.8 Å². The molecule has 0 spiro atoms. The predicted octanol–water partition coefficient (Wildman–Crippen LogP) is 2.79. The molecule has 1 heterocycles. The van der Waals surface area contributed by atoms with Gasteiger partial charge in [0.2, 0.25) is 0 Å². The van der Waals surface area contributed by atoms with E-state index in [4.69, 9.17) is 0 Å². The van der Waals surface area contributed by atoms with Crippen LogP contribution in [0.25, 0.3) is 0 Å². The Morgan fingerprint density at radius 1 is 1.26 bits per heavy atom. The molecule has 4 nitrogen and oxygen atoms in total. The second-order valence-corrected chi connectivity index (χ2v) is 6.44. The number of nitrogens with zero attached hydrogens (tertiary/aromatic N) is 1. The van der Waals surface area contributed by atoms with Crippen molar-refractivity contribution < 1.29 is 9.18 Å². The van der Waals surface area contributed by atoms with Crippen molar-refractivity contribution in [2.75, 3.05) is 32.7 Å². The largest absolute Gasteiger partial charge is 0.338 e. The van der Waals surface area contributed by atoms with Crippen LogP contribution in [0.3, 0.4) is 0 Å². The minimum absolute atomic E-state index is 0.145. The van der Waals surface area contributed by atoms with Gasteiger partial charge in [-0.25, -0.2) is 9.18 Å². The van der Waals surface area contributed by atoms with Crippen molar-refractivity contribution >= 4 is 6.03 Å². The Hall–Kier alpha value is -1.62. The van der Waals surface area contributed by atoms with Gasteiger partial charge in [-0.1, -0.05) is 19.1 Å². The third-order valence-electron chi connectivity index (χ3n) is 4.40. The number of carbonyl (C=O) groups is 1. The Morgan fingerprint density at radius 3 is 2.74 bits per heavy atom. The Labute approximate surface area is 138 Å². The Balaban J connectivity index is 1.50. The van der Waals surface area contributed by atoms with Crippen LogP contribution in [0.4, 0.5) is 9.18 Å². The summed E-state index contributed by atoms with van der Waals surface area (Å²) in [5.41, 5.74) is 0.893. The highest BCUT2D eigenvalue weighted by Crippen LogP contribution is 2.15. The number of hydrogen-bond acceptors (Lipinski definition) is 2. The minimum atomic E-state index is -0.237. The van der Waals surface area contributed by atoms with E-state index in [9.17, 15) is 9.18 Å². The molecule has 1 aromatic carbocycles. The highest BCUT2D eigenvalue weighted by atomic mass is 19.1. The molecule has 2 amide bonds. The maximum atomic E-state index is 13.0. The third-order valence-corrected chi connectivity index (χ3v) is 4.40. The topological polar surface area (TPSA) is 44.4 Å². The molecule has 2 N–H and O–H groups in total. The Morgan fingerprint density at radius 2 is 2.00 bits per heavy atom. The maximum absolute atomic E-state index is 13.0. The summed E-state index contributed by atoms with van der Waals surface area (Å²) in [6.45, 7) is 6.93. The summed E-state index contributed by atoms with van der Waals surface area (Å²) < 4.78 is 13.0. The molecule has 128 valence electrons. The fourth-order valence-corrected chi connectivity index (χ4v) is 2.87. The van der Waals surface area contributed by atoms with Crippen LogP contribution in [0.2, 0.25) is 0 Å². The van der Waals surface area contributed by atoms with Crippen LogP contribution < -0.4 is 10.6 Å². The lowest BCUT2D eigenvalue weighted by atomic mass is 9.99. The van der Waals surface area contributed by atoms with Crippen LogP contribution in [0.15, 0.2) is 24.3 Å². The van der Waals surface area contributed by atoms with Gasteiger partial charge >= 0.3 is 6.03 Å². The van der Waals surface area contributed by atoms with Crippen LogP contribution >= 0.6 is 0 Å². The smallest absolute Gasteiger partial charge is 0.314 e. The summed E-state index contributed by atoms with van der Waals surface area (Å²) in [6.07, 6.45) is 4.19. The number of piperidine rings is 1. The molecule has 1 saturated heterocycles. The van der Waals surface area contributed by atoms with Crippen molar-refractivity contribution in [3.8, 4) is 0 Å². The van der Waals surface area contributed by atoms with Crippen molar-refractivity contribution in [3.63, 3.8) is 0 Å². The summed E-state index contributed by atoms with van der Waals surface area (Å²) in [4.78, 5) is 14.2. The molecule has 1 aliphatic rings. The molecular weight excluding hydrogens is 293 g/mol. The Bertz CT molecular complexity index is 487. The molecule has 5 heteroatoms. The summed E-state index contributed by atoms with van der Waals surface area (Å²) in [7, 11) is 0. The summed E-state index contributed by atoms with van der Waals surface area (Å²) in [5, 5.41) is 5.69. The van der Waals surface area contributed by atoms with Crippen molar-refractivity contribution in [2.45, 2.75) is 32.6 Å². The number of carbonyl (C=O) groups excluding carboxylic acids is 1. The van der Waals surface area contributed by atoms with Crippen LogP contribution in [0.1, 0.15) is 31.7 Å². The summed E-state index contributed by atoms with van der Waals surface area (Å²) >= 11 is 0. The zero-order valence-electron chi connectivity index (χ0n) is 14.0. The zero-order chi connectivity index (χ0) is 16.5. The average Bonchev–Trinajstić information content (AvgIpc) is 2.53. The van der Waals surface area contributed by atoms with Crippen molar-refractivity contribution in [2.24, 2.45) is 5.92 Å². The lowest BCUT2D eigenvalue weighted by Crippen LogP contribution is -2.39. The first kappa shape index (κ1) is 17.7. The molecule has 0 saturated carbocycles. The van der Waals surface area contributed by atoms with Gasteiger partial charge in [-0.3, -0.25) is 0 Å². The van der Waals surface area contributed by atoms with Gasteiger partial charge in [0.25, 0.3) is 0 Å². The van der Waals surface area contributed by atoms with E-state index >= 15 is 0 Å². The molecule has 0 aromatic heterocycles. The average molecular weight is 321 g/mol. The lowest BCUT2D eigenvalue weighted by molar-refractivity contribution is 0.190. The molecule has 0 aliphatic carbocycles. The Kier molecular flexibility index (Phi) is 7.33. The first-order valence-corrected chi connectivity index (χ1v) is 8.62. The standard InChI is InChI=1S/C18H28FN3O/c1-15-7-12-22(13-8-15)11-3-9-20-18(23)21-10-6-16-4-2-5-17(19)14-16/h2,4-5,14-15H,3,6-13H2,1H3,(H2,20,21,23). The molecule has 1 aromatic rings. The summed E-state index contributed by atoms with van der Waals surface area (Å²) in [6, 6.07) is 6.33. The predicted molar refractivity (Wildman–Crippen MR) is 91.0 cm³/mol. The summed E-state index contributed by atoms with van der Waals surface area (Å²) in [5.74, 6) is 0.618. The van der Waals surface area contributed by atoms with E-state index in [1.165, 1.54) is 38.1 Å². The maximum Gasteiger partial charge on any atom is 0.314 e. The van der Waals surface area contributed by atoms with Gasteiger partial charge in [-0.05, 0) is 68.9 Å². The van der Waals surface area contributed by atoms with Gasteiger partial charge in [0, 0.05) is 13.1 Å². The highest BCUT2D eigenvalue weighted by Gasteiger charge is 2.14. The van der Waals surface area contributed by atoms with E-state index in [0.29, 0.717) is 19.5 Å². The molecule has 0 bridgehead atoms. The van der Waals surface area contributed by atoms with Crippen LogP contribution in [-0.4, -0.2) is 43.7 Å². The monoisotopic (exact) mass is 321 g/mol. The number of likely N-dealkylation sites (tertiary alicyclic amines) is 1. The zero-order valence-corrected chi connectivity index (χ0v) is 14.0. The molecule has 23 heavy (non-hydrogen) atoms. The number of halogens is 1. The van der Waals surface area contributed by atoms with E-state index in [1.807, 2.05) is 6.07 Å². The van der Waals surface area contributed by atoms with Crippen LogP contribution in [0, 0.1) is 11.7 Å².